The molecule has 9 heavy (non-hydrogen) atoms. The molecule has 0 fully saturated rings. The molecule has 48 valence electrons. The Labute approximate surface area is 54.3 Å². The summed E-state index contributed by atoms with van der Waals surface area (Å²) in [6.07, 6.45) is 2.82. The fourth-order valence-corrected chi connectivity index (χ4v) is 0.386. The molecule has 0 unspecified atom stereocenters. The van der Waals surface area contributed by atoms with Crippen molar-refractivity contribution in [2.75, 3.05) is 0 Å². The lowest BCUT2D eigenvalue weighted by Gasteiger charge is -1.92. The molecule has 0 rings (SSSR count). The first-order chi connectivity index (χ1) is 4.26. The molecular formula is C6H9N3. The molecule has 3 heteroatoms. The van der Waals surface area contributed by atoms with E-state index in [-0.39, 0.29) is 0 Å². The van der Waals surface area contributed by atoms with Crippen LogP contribution >= 0.6 is 0 Å². The molecule has 0 radical (unpaired) electrons. The predicted octanol–water partition coefficient (Wildman–Crippen LogP) is 0.215. The van der Waals surface area contributed by atoms with Crippen molar-refractivity contribution >= 4 is 0 Å². The predicted molar refractivity (Wildman–Crippen MR) is 35.8 cm³/mol. The fraction of sp³-hybridized carbons (Fsp3) is 0.167. The number of allylic oxidation sites excluding steroid dienone is 2. The fourth-order valence-electron chi connectivity index (χ4n) is 0.386. The average molecular weight is 123 g/mol. The highest BCUT2D eigenvalue weighted by Crippen LogP contribution is 1.98. The number of nitriles is 1. The Morgan fingerprint density at radius 1 is 1.67 bits per heavy atom. The van der Waals surface area contributed by atoms with Gasteiger partial charge in [0.2, 0.25) is 0 Å². The molecule has 0 amide bonds. The Kier molecular flexibility index (Phi) is 2.99. The zero-order valence-electron chi connectivity index (χ0n) is 5.26. The zero-order valence-corrected chi connectivity index (χ0v) is 5.26. The van der Waals surface area contributed by atoms with Crippen LogP contribution in [0.15, 0.2) is 23.5 Å². The van der Waals surface area contributed by atoms with Gasteiger partial charge >= 0.3 is 0 Å². The van der Waals surface area contributed by atoms with Crippen molar-refractivity contribution in [3.8, 4) is 6.07 Å². The molecule has 0 aromatic rings. The largest absolute Gasteiger partial charge is 0.403 e. The first-order valence-corrected chi connectivity index (χ1v) is 2.50. The zero-order chi connectivity index (χ0) is 7.28. The van der Waals surface area contributed by atoms with Crippen molar-refractivity contribution < 1.29 is 0 Å². The van der Waals surface area contributed by atoms with Crippen molar-refractivity contribution in [2.45, 2.75) is 6.92 Å². The normalized spacial score (nSPS) is 12.9. The first-order valence-electron chi connectivity index (χ1n) is 2.50. The SMILES string of the molecule is C/C=C(C#N)\C(N)=C/N. The second kappa shape index (κ2) is 3.56. The van der Waals surface area contributed by atoms with Crippen LogP contribution in [-0.2, 0) is 0 Å². The van der Waals surface area contributed by atoms with Gasteiger partial charge in [-0.3, -0.25) is 0 Å². The molecule has 0 aliphatic carbocycles. The van der Waals surface area contributed by atoms with Crippen molar-refractivity contribution in [3.05, 3.63) is 23.5 Å². The van der Waals surface area contributed by atoms with Gasteiger partial charge < -0.3 is 11.5 Å². The number of nitrogens with zero attached hydrogens (tertiary/aromatic N) is 1. The average Bonchev–Trinajstić information content (AvgIpc) is 1.90. The van der Waals surface area contributed by atoms with Crippen LogP contribution in [0.2, 0.25) is 0 Å². The van der Waals surface area contributed by atoms with E-state index >= 15 is 0 Å². The molecule has 0 saturated heterocycles. The monoisotopic (exact) mass is 123 g/mol. The van der Waals surface area contributed by atoms with Crippen LogP contribution in [0.4, 0.5) is 0 Å². The highest BCUT2D eigenvalue weighted by atomic mass is 14.6. The van der Waals surface area contributed by atoms with E-state index in [1.165, 1.54) is 6.20 Å². The van der Waals surface area contributed by atoms with E-state index in [1.54, 1.807) is 13.0 Å². The van der Waals surface area contributed by atoms with Gasteiger partial charge in [-0.15, -0.1) is 0 Å². The smallest absolute Gasteiger partial charge is 0.101 e. The molecule has 0 aromatic carbocycles. The maximum absolute atomic E-state index is 8.33. The van der Waals surface area contributed by atoms with Gasteiger partial charge in [0.15, 0.2) is 0 Å². The Balaban J connectivity index is 4.39. The third kappa shape index (κ3) is 1.87. The lowest BCUT2D eigenvalue weighted by molar-refractivity contribution is 1.30. The van der Waals surface area contributed by atoms with E-state index < -0.39 is 0 Å². The van der Waals surface area contributed by atoms with Gasteiger partial charge in [0.1, 0.15) is 6.07 Å². The molecule has 0 atom stereocenters. The lowest BCUT2D eigenvalue weighted by atomic mass is 10.2. The standard InChI is InChI=1S/C6H9N3/c1-2-5(3-7)6(9)4-8/h2,4H,8-9H2,1H3/b5-2-,6-4+. The van der Waals surface area contributed by atoms with Gasteiger partial charge in [-0.1, -0.05) is 6.08 Å². The van der Waals surface area contributed by atoms with Crippen LogP contribution < -0.4 is 11.5 Å². The molecule has 3 nitrogen and oxygen atoms in total. The molecule has 0 aliphatic heterocycles. The third-order valence-corrected chi connectivity index (χ3v) is 0.900. The summed E-state index contributed by atoms with van der Waals surface area (Å²) in [5.41, 5.74) is 11.1. The Morgan fingerprint density at radius 3 is 2.33 bits per heavy atom. The summed E-state index contributed by atoms with van der Waals surface area (Å²) in [5.74, 6) is 0. The summed E-state index contributed by atoms with van der Waals surface area (Å²) in [6.45, 7) is 1.73. The van der Waals surface area contributed by atoms with Crippen LogP contribution in [-0.4, -0.2) is 0 Å². The summed E-state index contributed by atoms with van der Waals surface area (Å²) in [7, 11) is 0. The molecule has 0 saturated carbocycles. The Morgan fingerprint density at radius 2 is 2.22 bits per heavy atom. The summed E-state index contributed by atoms with van der Waals surface area (Å²) in [4.78, 5) is 0. The molecular weight excluding hydrogens is 114 g/mol. The van der Waals surface area contributed by atoms with Crippen LogP contribution in [0, 0.1) is 11.3 Å². The third-order valence-electron chi connectivity index (χ3n) is 0.900. The van der Waals surface area contributed by atoms with Crippen molar-refractivity contribution in [1.82, 2.24) is 0 Å². The van der Waals surface area contributed by atoms with Crippen molar-refractivity contribution in [1.29, 1.82) is 5.26 Å². The quantitative estimate of drug-likeness (QED) is 0.386. The Hall–Kier alpha value is -1.43. The van der Waals surface area contributed by atoms with Crippen LogP contribution in [0.3, 0.4) is 0 Å². The molecule has 0 heterocycles. The molecule has 0 spiro atoms. The van der Waals surface area contributed by atoms with E-state index in [1.807, 2.05) is 6.07 Å². The number of hydrogen-bond acceptors (Lipinski definition) is 3. The summed E-state index contributed by atoms with van der Waals surface area (Å²) < 4.78 is 0. The Bertz CT molecular complexity index is 183. The lowest BCUT2D eigenvalue weighted by Crippen LogP contribution is -2.02. The van der Waals surface area contributed by atoms with Crippen LogP contribution in [0.1, 0.15) is 6.92 Å². The van der Waals surface area contributed by atoms with Gasteiger partial charge in [0.05, 0.1) is 11.3 Å². The van der Waals surface area contributed by atoms with E-state index in [2.05, 4.69) is 0 Å². The van der Waals surface area contributed by atoms with Gasteiger partial charge in [0.25, 0.3) is 0 Å². The highest BCUT2D eigenvalue weighted by Gasteiger charge is 1.93. The van der Waals surface area contributed by atoms with E-state index in [0.717, 1.165) is 0 Å². The second-order valence-electron chi connectivity index (χ2n) is 1.44. The minimum atomic E-state index is 0.319. The van der Waals surface area contributed by atoms with Gasteiger partial charge in [-0.25, -0.2) is 0 Å². The second-order valence-corrected chi connectivity index (χ2v) is 1.44. The first kappa shape index (κ1) is 7.57. The molecule has 4 N–H and O–H groups in total. The summed E-state index contributed by atoms with van der Waals surface area (Å²) in [6, 6.07) is 1.89. The van der Waals surface area contributed by atoms with Gasteiger partial charge in [-0.2, -0.15) is 5.26 Å². The van der Waals surface area contributed by atoms with E-state index in [9.17, 15) is 0 Å². The maximum Gasteiger partial charge on any atom is 0.101 e. The number of nitrogens with two attached hydrogens (primary N) is 2. The van der Waals surface area contributed by atoms with Gasteiger partial charge in [0, 0.05) is 6.20 Å². The summed E-state index contributed by atoms with van der Waals surface area (Å²) in [5, 5.41) is 8.33. The molecule has 0 aromatic heterocycles. The number of rotatable bonds is 1. The van der Waals surface area contributed by atoms with Crippen LogP contribution in [0.25, 0.3) is 0 Å². The molecule has 0 bridgehead atoms. The van der Waals surface area contributed by atoms with Crippen molar-refractivity contribution in [2.24, 2.45) is 11.5 Å². The van der Waals surface area contributed by atoms with E-state index in [0.29, 0.717) is 11.3 Å². The van der Waals surface area contributed by atoms with Gasteiger partial charge in [-0.05, 0) is 6.92 Å². The maximum atomic E-state index is 8.33. The summed E-state index contributed by atoms with van der Waals surface area (Å²) >= 11 is 0. The van der Waals surface area contributed by atoms with Crippen molar-refractivity contribution in [3.63, 3.8) is 0 Å². The minimum Gasteiger partial charge on any atom is -0.403 e. The topological polar surface area (TPSA) is 75.8 Å². The van der Waals surface area contributed by atoms with Crippen LogP contribution in [0.5, 0.6) is 0 Å². The van der Waals surface area contributed by atoms with E-state index in [4.69, 9.17) is 16.7 Å². The minimum absolute atomic E-state index is 0.319. The number of hydrogen-bond donors (Lipinski definition) is 2. The molecule has 0 aliphatic rings. The highest BCUT2D eigenvalue weighted by molar-refractivity contribution is 5.38.